The first-order chi connectivity index (χ1) is 13.7. The van der Waals surface area contributed by atoms with Crippen LogP contribution in [0.1, 0.15) is 48.9 Å². The van der Waals surface area contributed by atoms with Crippen LogP contribution in [0.5, 0.6) is 5.75 Å². The van der Waals surface area contributed by atoms with Crippen molar-refractivity contribution >= 4 is 11.6 Å². The van der Waals surface area contributed by atoms with Crippen molar-refractivity contribution in [2.24, 2.45) is 0 Å². The number of hydrogen-bond acceptors (Lipinski definition) is 4. The van der Waals surface area contributed by atoms with Crippen LogP contribution < -0.4 is 10.1 Å². The smallest absolute Gasteiger partial charge is 0.228 e. The van der Waals surface area contributed by atoms with E-state index >= 15 is 0 Å². The maximum atomic E-state index is 12.3. The number of amides is 1. The molecule has 2 aromatic carbocycles. The molecule has 3 rings (SSSR count). The summed E-state index contributed by atoms with van der Waals surface area (Å²) in [6, 6.07) is 15.6. The molecule has 0 spiro atoms. The maximum absolute atomic E-state index is 12.3. The number of ether oxygens (including phenoxy) is 1. The predicted molar refractivity (Wildman–Crippen MR) is 114 cm³/mol. The van der Waals surface area contributed by atoms with Gasteiger partial charge in [-0.15, -0.1) is 0 Å². The number of nitrogens with one attached hydrogen (secondary N) is 1. The van der Waals surface area contributed by atoms with E-state index in [9.17, 15) is 4.79 Å². The predicted octanol–water partition coefficient (Wildman–Crippen LogP) is 5.35. The van der Waals surface area contributed by atoms with Gasteiger partial charge in [0, 0.05) is 5.69 Å². The Kier molecular flexibility index (Phi) is 6.06. The zero-order chi connectivity index (χ0) is 21.0. The highest BCUT2D eigenvalue weighted by Gasteiger charge is 2.13. The third kappa shape index (κ3) is 5.47. The summed E-state index contributed by atoms with van der Waals surface area (Å²) in [5, 5.41) is 6.88. The highest BCUT2D eigenvalue weighted by Crippen LogP contribution is 2.23. The Labute approximate surface area is 172 Å². The molecule has 0 saturated carbocycles. The minimum atomic E-state index is -0.0436. The number of benzene rings is 2. The molecule has 0 saturated heterocycles. The average molecular weight is 392 g/mol. The van der Waals surface area contributed by atoms with Gasteiger partial charge in [-0.25, -0.2) is 0 Å². The van der Waals surface area contributed by atoms with Crippen molar-refractivity contribution in [3.63, 3.8) is 0 Å². The molecule has 5 nitrogen and oxygen atoms in total. The Morgan fingerprint density at radius 3 is 2.24 bits per heavy atom. The van der Waals surface area contributed by atoms with Gasteiger partial charge in [-0.05, 0) is 54.7 Å². The average Bonchev–Trinajstić information content (AvgIpc) is 2.99. The molecule has 0 aliphatic carbocycles. The molecule has 1 amide bonds. The minimum absolute atomic E-state index is 0.0436. The van der Waals surface area contributed by atoms with Crippen LogP contribution in [0, 0.1) is 13.8 Å². The highest BCUT2D eigenvalue weighted by molar-refractivity contribution is 5.92. The number of carbonyl (C=O) groups is 1. The Hall–Kier alpha value is -3.08. The number of carbonyl (C=O) groups excluding carboxylic acids is 1. The second kappa shape index (κ2) is 8.52. The van der Waals surface area contributed by atoms with Gasteiger partial charge in [0.2, 0.25) is 5.91 Å². The molecule has 1 N–H and O–H groups in total. The first-order valence-corrected chi connectivity index (χ1v) is 9.76. The fourth-order valence-corrected chi connectivity index (χ4v) is 3.01. The third-order valence-corrected chi connectivity index (χ3v) is 4.89. The lowest BCUT2D eigenvalue weighted by atomic mass is 9.87. The summed E-state index contributed by atoms with van der Waals surface area (Å²) in [6.45, 7) is 10.7. The molecule has 0 fully saturated rings. The summed E-state index contributed by atoms with van der Waals surface area (Å²) < 4.78 is 10.9. The van der Waals surface area contributed by atoms with E-state index in [0.717, 1.165) is 34.0 Å². The van der Waals surface area contributed by atoms with E-state index in [4.69, 9.17) is 9.26 Å². The Bertz CT molecular complexity index is 945. The van der Waals surface area contributed by atoms with E-state index in [2.05, 4.69) is 43.4 Å². The van der Waals surface area contributed by atoms with Crippen LogP contribution in [0.3, 0.4) is 0 Å². The zero-order valence-electron chi connectivity index (χ0n) is 17.7. The molecule has 1 heterocycles. The van der Waals surface area contributed by atoms with Crippen LogP contribution in [-0.4, -0.2) is 11.1 Å². The fourth-order valence-electron chi connectivity index (χ4n) is 3.01. The molecule has 152 valence electrons. The SMILES string of the molecule is Cc1noc(C)c1COc1ccc(CC(=O)Nc2ccc(C(C)(C)C)cc2)cc1. The van der Waals surface area contributed by atoms with E-state index in [1.54, 1.807) is 0 Å². The summed E-state index contributed by atoms with van der Waals surface area (Å²) in [5.41, 5.74) is 4.87. The molecular weight excluding hydrogens is 364 g/mol. The van der Waals surface area contributed by atoms with Crippen molar-refractivity contribution in [1.29, 1.82) is 0 Å². The van der Waals surface area contributed by atoms with Gasteiger partial charge in [-0.2, -0.15) is 0 Å². The third-order valence-electron chi connectivity index (χ3n) is 4.89. The van der Waals surface area contributed by atoms with Crippen LogP contribution >= 0.6 is 0 Å². The second-order valence-electron chi connectivity index (χ2n) is 8.29. The molecule has 0 radical (unpaired) electrons. The first kappa shape index (κ1) is 20.6. The van der Waals surface area contributed by atoms with Crippen molar-refractivity contribution in [3.05, 3.63) is 76.7 Å². The summed E-state index contributed by atoms with van der Waals surface area (Å²) in [7, 11) is 0. The number of nitrogens with zero attached hydrogens (tertiary/aromatic N) is 1. The minimum Gasteiger partial charge on any atom is -0.489 e. The van der Waals surface area contributed by atoms with Gasteiger partial charge in [0.1, 0.15) is 18.1 Å². The number of anilines is 1. The van der Waals surface area contributed by atoms with Crippen LogP contribution in [-0.2, 0) is 23.2 Å². The number of rotatable bonds is 6. The lowest BCUT2D eigenvalue weighted by Gasteiger charge is -2.19. The molecule has 3 aromatic rings. The number of aromatic nitrogens is 1. The Morgan fingerprint density at radius 1 is 1.03 bits per heavy atom. The summed E-state index contributed by atoms with van der Waals surface area (Å²) in [6.07, 6.45) is 0.311. The maximum Gasteiger partial charge on any atom is 0.228 e. The monoisotopic (exact) mass is 392 g/mol. The topological polar surface area (TPSA) is 64.4 Å². The molecule has 0 bridgehead atoms. The van der Waals surface area contributed by atoms with Gasteiger partial charge >= 0.3 is 0 Å². The van der Waals surface area contributed by atoms with Gasteiger partial charge in [0.15, 0.2) is 0 Å². The lowest BCUT2D eigenvalue weighted by molar-refractivity contribution is -0.115. The van der Waals surface area contributed by atoms with Crippen molar-refractivity contribution in [3.8, 4) is 5.75 Å². The van der Waals surface area contributed by atoms with Crippen molar-refractivity contribution < 1.29 is 14.1 Å². The summed E-state index contributed by atoms with van der Waals surface area (Å²) >= 11 is 0. The standard InChI is InChI=1S/C24H28N2O3/c1-16-22(17(2)29-26-16)15-28-21-12-6-18(7-13-21)14-23(27)25-20-10-8-19(9-11-20)24(3,4)5/h6-13H,14-15H2,1-5H3,(H,25,27). The van der Waals surface area contributed by atoms with E-state index < -0.39 is 0 Å². The van der Waals surface area contributed by atoms with E-state index in [1.165, 1.54) is 5.56 Å². The summed E-state index contributed by atoms with van der Waals surface area (Å²) in [4.78, 5) is 12.3. The normalized spacial score (nSPS) is 11.3. The van der Waals surface area contributed by atoms with Crippen LogP contribution in [0.25, 0.3) is 0 Å². The quantitative estimate of drug-likeness (QED) is 0.614. The Morgan fingerprint density at radius 2 is 1.69 bits per heavy atom. The molecule has 0 atom stereocenters. The molecule has 0 unspecified atom stereocenters. The van der Waals surface area contributed by atoms with Crippen LogP contribution in [0.15, 0.2) is 53.1 Å². The fraction of sp³-hybridized carbons (Fsp3) is 0.333. The molecule has 29 heavy (non-hydrogen) atoms. The van der Waals surface area contributed by atoms with Crippen molar-refractivity contribution in [1.82, 2.24) is 5.16 Å². The number of aryl methyl sites for hydroxylation is 2. The Balaban J connectivity index is 1.53. The van der Waals surface area contributed by atoms with Gasteiger partial charge in [0.05, 0.1) is 17.7 Å². The second-order valence-corrected chi connectivity index (χ2v) is 8.29. The molecule has 1 aromatic heterocycles. The van der Waals surface area contributed by atoms with Gasteiger partial charge in [-0.1, -0.05) is 50.2 Å². The largest absolute Gasteiger partial charge is 0.489 e. The lowest BCUT2D eigenvalue weighted by Crippen LogP contribution is -2.15. The van der Waals surface area contributed by atoms with Crippen molar-refractivity contribution in [2.75, 3.05) is 5.32 Å². The molecule has 5 heteroatoms. The first-order valence-electron chi connectivity index (χ1n) is 9.76. The number of hydrogen-bond donors (Lipinski definition) is 1. The van der Waals surface area contributed by atoms with Crippen LogP contribution in [0.4, 0.5) is 5.69 Å². The van der Waals surface area contributed by atoms with E-state index in [1.807, 2.05) is 50.2 Å². The molecule has 0 aliphatic rings. The highest BCUT2D eigenvalue weighted by atomic mass is 16.5. The molecule has 0 aliphatic heterocycles. The van der Waals surface area contributed by atoms with Gasteiger partial charge < -0.3 is 14.6 Å². The summed E-state index contributed by atoms with van der Waals surface area (Å²) in [5.74, 6) is 1.47. The van der Waals surface area contributed by atoms with Crippen molar-refractivity contribution in [2.45, 2.75) is 53.1 Å². The van der Waals surface area contributed by atoms with Gasteiger partial charge in [-0.3, -0.25) is 4.79 Å². The van der Waals surface area contributed by atoms with E-state index in [-0.39, 0.29) is 11.3 Å². The zero-order valence-corrected chi connectivity index (χ0v) is 17.7. The van der Waals surface area contributed by atoms with Crippen LogP contribution in [0.2, 0.25) is 0 Å². The van der Waals surface area contributed by atoms with E-state index in [0.29, 0.717) is 13.0 Å². The van der Waals surface area contributed by atoms with Gasteiger partial charge in [0.25, 0.3) is 0 Å². The molecular formula is C24H28N2O3.